The number of anilines is 1. The third-order valence-electron chi connectivity index (χ3n) is 2.42. The first-order valence-electron chi connectivity index (χ1n) is 4.86. The van der Waals surface area contributed by atoms with Crippen LogP contribution in [0.1, 0.15) is 5.56 Å². The smallest absolute Gasteiger partial charge is 0.0701 e. The molecular formula is C13H13NO. The molecule has 0 spiro atoms. The number of hydrogen-bond acceptors (Lipinski definition) is 2. The highest BCUT2D eigenvalue weighted by Gasteiger charge is 2.01. The van der Waals surface area contributed by atoms with E-state index in [1.165, 1.54) is 0 Å². The lowest BCUT2D eigenvalue weighted by Crippen LogP contribution is -1.94. The van der Waals surface area contributed by atoms with Crippen molar-refractivity contribution in [3.05, 3.63) is 54.1 Å². The Hall–Kier alpha value is -1.80. The Morgan fingerprint density at radius 3 is 2.27 bits per heavy atom. The van der Waals surface area contributed by atoms with Gasteiger partial charge in [-0.05, 0) is 17.2 Å². The molecule has 0 bridgehead atoms. The molecule has 2 nitrogen and oxygen atoms in total. The van der Waals surface area contributed by atoms with Crippen LogP contribution in [0.3, 0.4) is 0 Å². The fourth-order valence-corrected chi connectivity index (χ4v) is 1.55. The van der Waals surface area contributed by atoms with Crippen LogP contribution in [0.25, 0.3) is 11.1 Å². The summed E-state index contributed by atoms with van der Waals surface area (Å²) in [6.07, 6.45) is 0. The van der Waals surface area contributed by atoms with Gasteiger partial charge in [-0.25, -0.2) is 0 Å². The Bertz CT molecular complexity index is 451. The van der Waals surface area contributed by atoms with E-state index in [2.05, 4.69) is 0 Å². The zero-order valence-corrected chi connectivity index (χ0v) is 8.35. The highest BCUT2D eigenvalue weighted by Crippen LogP contribution is 2.23. The van der Waals surface area contributed by atoms with Crippen LogP contribution in [0.15, 0.2) is 48.5 Å². The SMILES string of the molecule is Nc1cc(-c2ccccc2)ccc1CO. The zero-order chi connectivity index (χ0) is 10.7. The first-order valence-corrected chi connectivity index (χ1v) is 4.86. The lowest BCUT2D eigenvalue weighted by atomic mass is 10.0. The first kappa shape index (κ1) is 9.74. The second kappa shape index (κ2) is 4.15. The van der Waals surface area contributed by atoms with Crippen molar-refractivity contribution in [2.24, 2.45) is 0 Å². The summed E-state index contributed by atoms with van der Waals surface area (Å²) in [6.45, 7) is -0.0130. The molecule has 0 heterocycles. The molecule has 2 aromatic rings. The molecule has 0 amide bonds. The van der Waals surface area contributed by atoms with Gasteiger partial charge in [0.15, 0.2) is 0 Å². The van der Waals surface area contributed by atoms with Gasteiger partial charge in [0.1, 0.15) is 0 Å². The number of nitrogen functional groups attached to an aromatic ring is 1. The second-order valence-electron chi connectivity index (χ2n) is 3.44. The molecule has 0 radical (unpaired) electrons. The third kappa shape index (κ3) is 2.00. The Morgan fingerprint density at radius 1 is 0.933 bits per heavy atom. The number of hydrogen-bond donors (Lipinski definition) is 2. The van der Waals surface area contributed by atoms with E-state index >= 15 is 0 Å². The zero-order valence-electron chi connectivity index (χ0n) is 8.35. The summed E-state index contributed by atoms with van der Waals surface area (Å²) >= 11 is 0. The minimum absolute atomic E-state index is 0.0130. The summed E-state index contributed by atoms with van der Waals surface area (Å²) in [5, 5.41) is 9.00. The van der Waals surface area contributed by atoms with Gasteiger partial charge in [0.2, 0.25) is 0 Å². The van der Waals surface area contributed by atoms with Crippen LogP contribution >= 0.6 is 0 Å². The quantitative estimate of drug-likeness (QED) is 0.730. The molecule has 0 unspecified atom stereocenters. The lowest BCUT2D eigenvalue weighted by molar-refractivity contribution is 0.282. The van der Waals surface area contributed by atoms with Crippen molar-refractivity contribution in [3.8, 4) is 11.1 Å². The summed E-state index contributed by atoms with van der Waals surface area (Å²) in [7, 11) is 0. The van der Waals surface area contributed by atoms with Crippen molar-refractivity contribution < 1.29 is 5.11 Å². The van der Waals surface area contributed by atoms with Crippen molar-refractivity contribution in [3.63, 3.8) is 0 Å². The summed E-state index contributed by atoms with van der Waals surface area (Å²) in [5.41, 5.74) is 9.43. The molecule has 0 atom stereocenters. The molecule has 15 heavy (non-hydrogen) atoms. The minimum Gasteiger partial charge on any atom is -0.398 e. The molecule has 0 aliphatic rings. The molecule has 3 N–H and O–H groups in total. The molecule has 0 aliphatic heterocycles. The van der Waals surface area contributed by atoms with Crippen molar-refractivity contribution in [1.29, 1.82) is 0 Å². The van der Waals surface area contributed by atoms with Crippen LogP contribution in [-0.4, -0.2) is 5.11 Å². The van der Waals surface area contributed by atoms with Crippen LogP contribution < -0.4 is 5.73 Å². The highest BCUT2D eigenvalue weighted by molar-refractivity contribution is 5.68. The maximum atomic E-state index is 9.00. The summed E-state index contributed by atoms with van der Waals surface area (Å²) in [6, 6.07) is 15.8. The van der Waals surface area contributed by atoms with Gasteiger partial charge < -0.3 is 10.8 Å². The van der Waals surface area contributed by atoms with Gasteiger partial charge in [0.25, 0.3) is 0 Å². The van der Waals surface area contributed by atoms with Crippen LogP contribution in [-0.2, 0) is 6.61 Å². The molecule has 0 aliphatic carbocycles. The van der Waals surface area contributed by atoms with E-state index in [1.807, 2.05) is 48.5 Å². The molecule has 0 saturated carbocycles. The normalized spacial score (nSPS) is 10.2. The van der Waals surface area contributed by atoms with Gasteiger partial charge in [-0.15, -0.1) is 0 Å². The standard InChI is InChI=1S/C13H13NO/c14-13-8-11(6-7-12(13)9-15)10-4-2-1-3-5-10/h1-8,15H,9,14H2. The molecule has 2 rings (SSSR count). The van der Waals surface area contributed by atoms with Crippen LogP contribution in [0.4, 0.5) is 5.69 Å². The van der Waals surface area contributed by atoms with E-state index in [0.717, 1.165) is 16.7 Å². The fourth-order valence-electron chi connectivity index (χ4n) is 1.55. The number of rotatable bonds is 2. The van der Waals surface area contributed by atoms with Crippen LogP contribution in [0.2, 0.25) is 0 Å². The average molecular weight is 199 g/mol. The van der Waals surface area contributed by atoms with Gasteiger partial charge in [0.05, 0.1) is 6.61 Å². The van der Waals surface area contributed by atoms with Gasteiger partial charge in [-0.2, -0.15) is 0 Å². The third-order valence-corrected chi connectivity index (χ3v) is 2.42. The first-order chi connectivity index (χ1) is 7.31. The van der Waals surface area contributed by atoms with E-state index in [0.29, 0.717) is 5.69 Å². The summed E-state index contributed by atoms with van der Waals surface area (Å²) < 4.78 is 0. The Labute approximate surface area is 89.0 Å². The van der Waals surface area contributed by atoms with Gasteiger partial charge in [-0.1, -0.05) is 42.5 Å². The predicted molar refractivity (Wildman–Crippen MR) is 62.2 cm³/mol. The van der Waals surface area contributed by atoms with E-state index in [-0.39, 0.29) is 6.61 Å². The predicted octanol–water partition coefficient (Wildman–Crippen LogP) is 2.43. The molecule has 0 aromatic heterocycles. The van der Waals surface area contributed by atoms with Crippen molar-refractivity contribution >= 4 is 5.69 Å². The topological polar surface area (TPSA) is 46.2 Å². The fraction of sp³-hybridized carbons (Fsp3) is 0.0769. The average Bonchev–Trinajstić information content (AvgIpc) is 2.30. The van der Waals surface area contributed by atoms with Crippen molar-refractivity contribution in [2.75, 3.05) is 5.73 Å². The second-order valence-corrected chi connectivity index (χ2v) is 3.44. The van der Waals surface area contributed by atoms with Gasteiger partial charge in [-0.3, -0.25) is 0 Å². The van der Waals surface area contributed by atoms with Crippen molar-refractivity contribution in [2.45, 2.75) is 6.61 Å². The number of aliphatic hydroxyl groups excluding tert-OH is 1. The molecule has 2 heteroatoms. The molecule has 2 aromatic carbocycles. The number of nitrogens with two attached hydrogens (primary N) is 1. The monoisotopic (exact) mass is 199 g/mol. The van der Waals surface area contributed by atoms with E-state index < -0.39 is 0 Å². The molecule has 76 valence electrons. The Balaban J connectivity index is 2.43. The van der Waals surface area contributed by atoms with Crippen LogP contribution in [0.5, 0.6) is 0 Å². The Morgan fingerprint density at radius 2 is 1.67 bits per heavy atom. The van der Waals surface area contributed by atoms with Crippen molar-refractivity contribution in [1.82, 2.24) is 0 Å². The van der Waals surface area contributed by atoms with E-state index in [9.17, 15) is 0 Å². The maximum Gasteiger partial charge on any atom is 0.0701 e. The van der Waals surface area contributed by atoms with Gasteiger partial charge in [0, 0.05) is 11.3 Å². The maximum absolute atomic E-state index is 9.00. The minimum atomic E-state index is -0.0130. The molecule has 0 fully saturated rings. The number of aliphatic hydroxyl groups is 1. The van der Waals surface area contributed by atoms with Gasteiger partial charge >= 0.3 is 0 Å². The molecular weight excluding hydrogens is 186 g/mol. The van der Waals surface area contributed by atoms with E-state index in [4.69, 9.17) is 10.8 Å². The van der Waals surface area contributed by atoms with Crippen LogP contribution in [0, 0.1) is 0 Å². The molecule has 0 saturated heterocycles. The highest BCUT2D eigenvalue weighted by atomic mass is 16.3. The summed E-state index contributed by atoms with van der Waals surface area (Å²) in [4.78, 5) is 0. The Kier molecular flexibility index (Phi) is 2.70. The largest absolute Gasteiger partial charge is 0.398 e. The summed E-state index contributed by atoms with van der Waals surface area (Å²) in [5.74, 6) is 0. The number of benzene rings is 2. The van der Waals surface area contributed by atoms with E-state index in [1.54, 1.807) is 0 Å². The lowest BCUT2D eigenvalue weighted by Gasteiger charge is -2.06.